The first-order valence-corrected chi connectivity index (χ1v) is 11.6. The van der Waals surface area contributed by atoms with Crippen LogP contribution in [0.1, 0.15) is 31.5 Å². The number of nitrogens with one attached hydrogen (secondary N) is 1. The van der Waals surface area contributed by atoms with E-state index >= 15 is 0 Å². The van der Waals surface area contributed by atoms with Crippen molar-refractivity contribution in [3.8, 4) is 23.2 Å². The summed E-state index contributed by atoms with van der Waals surface area (Å²) < 4.78 is 20.4. The van der Waals surface area contributed by atoms with Crippen molar-refractivity contribution in [1.29, 1.82) is 5.26 Å². The quantitative estimate of drug-likeness (QED) is 0.432. The van der Waals surface area contributed by atoms with Crippen LogP contribution in [0.5, 0.6) is 5.75 Å². The van der Waals surface area contributed by atoms with Crippen LogP contribution in [0.15, 0.2) is 42.9 Å². The van der Waals surface area contributed by atoms with Gasteiger partial charge in [0.05, 0.1) is 29.7 Å². The third-order valence-corrected chi connectivity index (χ3v) is 5.82. The van der Waals surface area contributed by atoms with Crippen molar-refractivity contribution in [3.05, 3.63) is 54.1 Å². The summed E-state index contributed by atoms with van der Waals surface area (Å²) in [6, 6.07) is 10.3. The number of aliphatic hydroxyl groups excluding tert-OH is 1. The number of aliphatic hydroxyl groups is 2. The van der Waals surface area contributed by atoms with E-state index in [0.29, 0.717) is 22.8 Å². The van der Waals surface area contributed by atoms with Crippen LogP contribution >= 0.6 is 0 Å². The highest BCUT2D eigenvalue weighted by molar-refractivity contribution is 5.77. The second-order valence-corrected chi connectivity index (χ2v) is 9.03. The van der Waals surface area contributed by atoms with Crippen molar-refractivity contribution in [3.63, 3.8) is 0 Å². The summed E-state index contributed by atoms with van der Waals surface area (Å²) >= 11 is 0. The average molecular weight is 508 g/mol. The van der Waals surface area contributed by atoms with E-state index < -0.39 is 30.4 Å². The van der Waals surface area contributed by atoms with Gasteiger partial charge < -0.3 is 25.2 Å². The molecule has 0 unspecified atom stereocenters. The fourth-order valence-electron chi connectivity index (χ4n) is 3.82. The van der Waals surface area contributed by atoms with Crippen LogP contribution in [-0.2, 0) is 10.4 Å². The van der Waals surface area contributed by atoms with Crippen molar-refractivity contribution in [2.24, 2.45) is 0 Å². The minimum atomic E-state index is -1.46. The molecule has 192 valence electrons. The Balaban J connectivity index is 1.47. The van der Waals surface area contributed by atoms with Gasteiger partial charge in [0.15, 0.2) is 12.0 Å². The molecule has 0 bridgehead atoms. The number of rotatable bonds is 7. The Morgan fingerprint density at radius 1 is 1.30 bits per heavy atom. The summed E-state index contributed by atoms with van der Waals surface area (Å²) in [4.78, 5) is 29.8. The van der Waals surface area contributed by atoms with Gasteiger partial charge in [-0.15, -0.1) is 0 Å². The second kappa shape index (κ2) is 10.8. The Bertz CT molecular complexity index is 1310. The molecule has 4 rings (SSSR count). The lowest BCUT2D eigenvalue weighted by atomic mass is 10.0. The van der Waals surface area contributed by atoms with E-state index in [0.717, 1.165) is 0 Å². The lowest BCUT2D eigenvalue weighted by Gasteiger charge is -2.34. The molecule has 0 saturated carbocycles. The molecule has 12 heteroatoms. The molecule has 3 heterocycles. The van der Waals surface area contributed by atoms with Crippen molar-refractivity contribution in [2.75, 3.05) is 25.0 Å². The van der Waals surface area contributed by atoms with Crippen molar-refractivity contribution < 1.29 is 24.1 Å². The molecule has 37 heavy (non-hydrogen) atoms. The van der Waals surface area contributed by atoms with Crippen molar-refractivity contribution in [1.82, 2.24) is 24.8 Å². The lowest BCUT2D eigenvalue weighted by Crippen LogP contribution is -2.50. The molecule has 1 aliphatic heterocycles. The number of amides is 1. The number of aromatic nitrogens is 4. The zero-order valence-corrected chi connectivity index (χ0v) is 20.3. The van der Waals surface area contributed by atoms with Crippen LogP contribution < -0.4 is 10.1 Å². The van der Waals surface area contributed by atoms with E-state index in [1.165, 1.54) is 11.2 Å². The van der Waals surface area contributed by atoms with Crippen LogP contribution in [0.25, 0.3) is 11.4 Å². The Labute approximate surface area is 212 Å². The molecule has 2 atom stereocenters. The Kier molecular flexibility index (Phi) is 7.56. The summed E-state index contributed by atoms with van der Waals surface area (Å²) in [5.74, 6) is 0.245. The highest BCUT2D eigenvalue weighted by atomic mass is 19.1. The van der Waals surface area contributed by atoms with Crippen molar-refractivity contribution in [2.45, 2.75) is 38.1 Å². The monoisotopic (exact) mass is 507 g/mol. The summed E-state index contributed by atoms with van der Waals surface area (Å²) in [5.41, 5.74) is 0.780. The number of hydrogen-bond acceptors (Lipinski definition) is 10. The Hall–Kier alpha value is -4.21. The summed E-state index contributed by atoms with van der Waals surface area (Å²) in [7, 11) is 0. The average Bonchev–Trinajstić information content (AvgIpc) is 2.89. The molecule has 3 N–H and O–H groups in total. The van der Waals surface area contributed by atoms with Gasteiger partial charge in [-0.2, -0.15) is 10.2 Å². The third kappa shape index (κ3) is 6.14. The largest absolute Gasteiger partial charge is 0.486 e. The summed E-state index contributed by atoms with van der Waals surface area (Å²) in [6.07, 6.45) is 0.825. The Morgan fingerprint density at radius 2 is 2.11 bits per heavy atom. The van der Waals surface area contributed by atoms with Gasteiger partial charge in [-0.05, 0) is 44.2 Å². The smallest absolute Gasteiger partial charge is 0.248 e. The standard InChI is InChI=1S/C25H26FN7O4/c1-25(2,36)21-6-4-17(11-28-21)31-24-30-14-29-23(32-24)15-3-5-19(16(9-15)10-27)37-20-7-8-33(12-18(20)26)22(35)13-34/h3-6,9,11,14,18,20,34,36H,7-8,12-13H2,1-2H3,(H,29,30,31,32)/t18-,20-/m0/s1. The maximum atomic E-state index is 14.6. The van der Waals surface area contributed by atoms with E-state index in [-0.39, 0.29) is 36.8 Å². The minimum absolute atomic E-state index is 0.180. The molecule has 1 aromatic carbocycles. The summed E-state index contributed by atoms with van der Waals surface area (Å²) in [6.45, 7) is 2.69. The molecule has 1 amide bonds. The molecular formula is C25H26FN7O4. The van der Waals surface area contributed by atoms with Crippen molar-refractivity contribution >= 4 is 17.5 Å². The number of nitriles is 1. The number of anilines is 2. The van der Waals surface area contributed by atoms with Crippen LogP contribution in [0.2, 0.25) is 0 Å². The van der Waals surface area contributed by atoms with E-state index in [1.54, 1.807) is 50.4 Å². The van der Waals surface area contributed by atoms with Gasteiger partial charge in [0.25, 0.3) is 0 Å². The molecule has 1 aliphatic rings. The fraction of sp³-hybridized carbons (Fsp3) is 0.360. The van der Waals surface area contributed by atoms with Gasteiger partial charge in [0.2, 0.25) is 11.9 Å². The predicted molar refractivity (Wildman–Crippen MR) is 130 cm³/mol. The number of nitrogens with zero attached hydrogens (tertiary/aromatic N) is 6. The normalized spacial score (nSPS) is 17.7. The van der Waals surface area contributed by atoms with Gasteiger partial charge in [0, 0.05) is 18.5 Å². The third-order valence-electron chi connectivity index (χ3n) is 5.82. The number of alkyl halides is 1. The first-order valence-electron chi connectivity index (χ1n) is 11.6. The van der Waals surface area contributed by atoms with Crippen LogP contribution in [-0.4, -0.2) is 72.9 Å². The molecule has 1 fully saturated rings. The number of carbonyl (C=O) groups excluding carboxylic acids is 1. The number of hydrogen-bond donors (Lipinski definition) is 3. The highest BCUT2D eigenvalue weighted by Crippen LogP contribution is 2.28. The Morgan fingerprint density at radius 3 is 2.76 bits per heavy atom. The fourth-order valence-corrected chi connectivity index (χ4v) is 3.82. The van der Waals surface area contributed by atoms with E-state index in [1.807, 2.05) is 0 Å². The minimum Gasteiger partial charge on any atom is -0.486 e. The number of likely N-dealkylation sites (tertiary alicyclic amines) is 1. The van der Waals surface area contributed by atoms with Crippen LogP contribution in [0.3, 0.4) is 0 Å². The number of carbonyl (C=O) groups is 1. The molecule has 3 aromatic rings. The highest BCUT2D eigenvalue weighted by Gasteiger charge is 2.33. The number of halogens is 1. The predicted octanol–water partition coefficient (Wildman–Crippen LogP) is 2.09. The lowest BCUT2D eigenvalue weighted by molar-refractivity contribution is -0.138. The van der Waals surface area contributed by atoms with E-state index in [4.69, 9.17) is 9.84 Å². The van der Waals surface area contributed by atoms with Gasteiger partial charge in [-0.3, -0.25) is 9.78 Å². The number of benzene rings is 1. The van der Waals surface area contributed by atoms with Gasteiger partial charge in [-0.1, -0.05) is 0 Å². The van der Waals surface area contributed by atoms with Crippen LogP contribution in [0.4, 0.5) is 16.0 Å². The SMILES string of the molecule is CC(C)(O)c1ccc(Nc2ncnc(-c3ccc(O[C@H]4CCN(C(=O)CO)C[C@@H]4F)c(C#N)c3)n2)cn1. The molecule has 0 spiro atoms. The van der Waals surface area contributed by atoms with Gasteiger partial charge in [0.1, 0.15) is 36.5 Å². The number of piperidine rings is 1. The first-order chi connectivity index (χ1) is 17.7. The van der Waals surface area contributed by atoms with Gasteiger partial charge >= 0.3 is 0 Å². The topological polar surface area (TPSA) is 157 Å². The maximum Gasteiger partial charge on any atom is 0.248 e. The van der Waals surface area contributed by atoms with Crippen LogP contribution in [0, 0.1) is 11.3 Å². The zero-order chi connectivity index (χ0) is 26.6. The second-order valence-electron chi connectivity index (χ2n) is 9.03. The molecular weight excluding hydrogens is 481 g/mol. The maximum absolute atomic E-state index is 14.6. The first kappa shape index (κ1) is 25.9. The summed E-state index contributed by atoms with van der Waals surface area (Å²) in [5, 5.41) is 31.7. The molecule has 11 nitrogen and oxygen atoms in total. The number of ether oxygens (including phenoxy) is 1. The van der Waals surface area contributed by atoms with Gasteiger partial charge in [-0.25, -0.2) is 14.4 Å². The molecule has 1 saturated heterocycles. The number of pyridine rings is 1. The van der Waals surface area contributed by atoms with E-state index in [9.17, 15) is 19.6 Å². The molecule has 0 aliphatic carbocycles. The molecule has 2 aromatic heterocycles. The van der Waals surface area contributed by atoms with E-state index in [2.05, 4.69) is 31.3 Å². The zero-order valence-electron chi connectivity index (χ0n) is 20.3. The molecule has 0 radical (unpaired) electrons.